The highest BCUT2D eigenvalue weighted by atomic mass is 16.1. The van der Waals surface area contributed by atoms with Crippen molar-refractivity contribution in [2.75, 3.05) is 0 Å². The predicted molar refractivity (Wildman–Crippen MR) is 162 cm³/mol. The molecule has 0 spiro atoms. The van der Waals surface area contributed by atoms with Crippen LogP contribution in [0.15, 0.2) is 109 Å². The molecule has 1 atom stereocenters. The average Bonchev–Trinajstić information content (AvgIpc) is 3.30. The Hall–Kier alpha value is -4.11. The third-order valence-corrected chi connectivity index (χ3v) is 7.57. The van der Waals surface area contributed by atoms with Gasteiger partial charge < -0.3 is 9.88 Å². The lowest BCUT2D eigenvalue weighted by atomic mass is 9.83. The van der Waals surface area contributed by atoms with Gasteiger partial charge in [0, 0.05) is 42.5 Å². The number of rotatable bonds is 8. The molecule has 0 saturated heterocycles. The van der Waals surface area contributed by atoms with Crippen LogP contribution in [-0.4, -0.2) is 10.5 Å². The lowest BCUT2D eigenvalue weighted by molar-refractivity contribution is -0.121. The van der Waals surface area contributed by atoms with E-state index in [9.17, 15) is 4.79 Å². The van der Waals surface area contributed by atoms with Gasteiger partial charge in [0.25, 0.3) is 0 Å². The average molecular weight is 515 g/mol. The molecule has 0 fully saturated rings. The number of carbonyl (C=O) groups excluding carboxylic acids is 1. The number of fused-ring (bicyclic) bond motifs is 1. The first-order chi connectivity index (χ1) is 18.8. The Morgan fingerprint density at radius 2 is 1.46 bits per heavy atom. The molecule has 3 nitrogen and oxygen atoms in total. The van der Waals surface area contributed by atoms with E-state index in [1.54, 1.807) is 0 Å². The molecule has 1 amide bonds. The highest BCUT2D eigenvalue weighted by Gasteiger charge is 2.24. The van der Waals surface area contributed by atoms with Crippen LogP contribution in [-0.2, 0) is 23.3 Å². The number of benzene rings is 4. The number of hydrogen-bond donors (Lipinski definition) is 1. The molecule has 0 unspecified atom stereocenters. The maximum absolute atomic E-state index is 13.3. The van der Waals surface area contributed by atoms with Crippen molar-refractivity contribution in [3.63, 3.8) is 0 Å². The molecule has 0 bridgehead atoms. The summed E-state index contributed by atoms with van der Waals surface area (Å²) >= 11 is 0. The van der Waals surface area contributed by atoms with Crippen LogP contribution in [0.25, 0.3) is 10.9 Å². The zero-order valence-corrected chi connectivity index (χ0v) is 23.4. The number of aromatic nitrogens is 1. The molecule has 5 aromatic rings. The Morgan fingerprint density at radius 3 is 2.15 bits per heavy atom. The van der Waals surface area contributed by atoms with Gasteiger partial charge >= 0.3 is 0 Å². The zero-order valence-electron chi connectivity index (χ0n) is 23.4. The summed E-state index contributed by atoms with van der Waals surface area (Å²) in [5.41, 5.74) is 8.54. The molecular formula is C36H38N2O. The van der Waals surface area contributed by atoms with Gasteiger partial charge in [0.1, 0.15) is 0 Å². The van der Waals surface area contributed by atoms with Crippen LogP contribution in [0.4, 0.5) is 0 Å². The molecule has 0 saturated carbocycles. The highest BCUT2D eigenvalue weighted by molar-refractivity contribution is 5.87. The number of hydrogen-bond acceptors (Lipinski definition) is 1. The van der Waals surface area contributed by atoms with Crippen molar-refractivity contribution < 1.29 is 4.79 Å². The van der Waals surface area contributed by atoms with Crippen LogP contribution in [0.2, 0.25) is 0 Å². The minimum atomic E-state index is -0.0565. The third kappa shape index (κ3) is 6.31. The fraction of sp³-hybridized carbons (Fsp3) is 0.250. The number of carbonyl (C=O) groups is 1. The summed E-state index contributed by atoms with van der Waals surface area (Å²) < 4.78 is 2.33. The fourth-order valence-electron chi connectivity index (χ4n) is 5.25. The molecule has 0 radical (unpaired) electrons. The van der Waals surface area contributed by atoms with Gasteiger partial charge in [-0.2, -0.15) is 0 Å². The van der Waals surface area contributed by atoms with E-state index in [-0.39, 0.29) is 17.2 Å². The summed E-state index contributed by atoms with van der Waals surface area (Å²) in [6, 6.07) is 36.2. The third-order valence-electron chi connectivity index (χ3n) is 7.57. The van der Waals surface area contributed by atoms with Gasteiger partial charge in [-0.25, -0.2) is 0 Å². The fourth-order valence-corrected chi connectivity index (χ4v) is 5.25. The van der Waals surface area contributed by atoms with E-state index in [1.165, 1.54) is 33.2 Å². The summed E-state index contributed by atoms with van der Waals surface area (Å²) in [6.45, 7) is 10.1. The van der Waals surface area contributed by atoms with Crippen LogP contribution in [0.5, 0.6) is 0 Å². The second-order valence-corrected chi connectivity index (χ2v) is 11.6. The number of nitrogens with one attached hydrogen (secondary N) is 1. The summed E-state index contributed by atoms with van der Waals surface area (Å²) in [5.74, 6) is -0.00178. The highest BCUT2D eigenvalue weighted by Crippen LogP contribution is 2.36. The molecule has 5 rings (SSSR count). The van der Waals surface area contributed by atoms with Crippen molar-refractivity contribution in [3.8, 4) is 0 Å². The van der Waals surface area contributed by atoms with Crippen LogP contribution in [0.1, 0.15) is 66.5 Å². The van der Waals surface area contributed by atoms with Crippen molar-refractivity contribution in [3.05, 3.63) is 143 Å². The van der Waals surface area contributed by atoms with Crippen molar-refractivity contribution >= 4 is 16.8 Å². The van der Waals surface area contributed by atoms with E-state index >= 15 is 0 Å². The Balaban J connectivity index is 1.51. The first-order valence-electron chi connectivity index (χ1n) is 13.8. The van der Waals surface area contributed by atoms with Crippen molar-refractivity contribution in [2.24, 2.45) is 0 Å². The van der Waals surface area contributed by atoms with E-state index in [0.29, 0.717) is 13.0 Å². The minimum Gasteiger partial charge on any atom is -0.352 e. The van der Waals surface area contributed by atoms with Crippen LogP contribution in [0.3, 0.4) is 0 Å². The largest absolute Gasteiger partial charge is 0.352 e. The summed E-state index contributed by atoms with van der Waals surface area (Å²) in [5, 5.41) is 4.36. The van der Waals surface area contributed by atoms with Crippen LogP contribution < -0.4 is 5.32 Å². The molecule has 0 aliphatic heterocycles. The van der Waals surface area contributed by atoms with Gasteiger partial charge in [0.05, 0.1) is 0 Å². The zero-order chi connectivity index (χ0) is 27.4. The molecule has 4 aromatic carbocycles. The molecular weight excluding hydrogens is 476 g/mol. The SMILES string of the molecule is Cc1ccc(Cn2cc([C@H](CC(=O)NCc3ccccc3)c3ccc(C(C)(C)C)cc3)c3ccccc32)cc1. The lowest BCUT2D eigenvalue weighted by Gasteiger charge is -2.22. The first kappa shape index (κ1) is 26.5. The molecule has 0 aliphatic rings. The second-order valence-electron chi connectivity index (χ2n) is 11.6. The van der Waals surface area contributed by atoms with Gasteiger partial charge in [-0.15, -0.1) is 0 Å². The molecule has 39 heavy (non-hydrogen) atoms. The Bertz CT molecular complexity index is 1540. The maximum Gasteiger partial charge on any atom is 0.221 e. The number of amides is 1. The molecule has 1 aromatic heterocycles. The van der Waals surface area contributed by atoms with E-state index in [1.807, 2.05) is 30.3 Å². The smallest absolute Gasteiger partial charge is 0.221 e. The molecule has 0 aliphatic carbocycles. The van der Waals surface area contributed by atoms with Gasteiger partial charge in [-0.3, -0.25) is 4.79 Å². The number of nitrogens with zero attached hydrogens (tertiary/aromatic N) is 1. The lowest BCUT2D eigenvalue weighted by Crippen LogP contribution is -2.25. The molecule has 1 heterocycles. The molecule has 3 heteroatoms. The monoisotopic (exact) mass is 514 g/mol. The summed E-state index contributed by atoms with van der Waals surface area (Å²) in [4.78, 5) is 13.3. The van der Waals surface area contributed by atoms with Gasteiger partial charge in [-0.05, 0) is 46.2 Å². The van der Waals surface area contributed by atoms with E-state index < -0.39 is 0 Å². The second kappa shape index (κ2) is 11.3. The van der Waals surface area contributed by atoms with E-state index in [2.05, 4.69) is 117 Å². The topological polar surface area (TPSA) is 34.0 Å². The molecule has 1 N–H and O–H groups in total. The van der Waals surface area contributed by atoms with Crippen LogP contribution in [0, 0.1) is 6.92 Å². The van der Waals surface area contributed by atoms with Crippen molar-refractivity contribution in [2.45, 2.75) is 58.5 Å². The Kier molecular flexibility index (Phi) is 7.70. The van der Waals surface area contributed by atoms with E-state index in [0.717, 1.165) is 17.7 Å². The normalized spacial score (nSPS) is 12.4. The van der Waals surface area contributed by atoms with Crippen molar-refractivity contribution in [1.29, 1.82) is 0 Å². The summed E-state index contributed by atoms with van der Waals surface area (Å²) in [6.07, 6.45) is 2.65. The van der Waals surface area contributed by atoms with Crippen molar-refractivity contribution in [1.82, 2.24) is 9.88 Å². The van der Waals surface area contributed by atoms with Gasteiger partial charge in [-0.1, -0.05) is 123 Å². The maximum atomic E-state index is 13.3. The molecule has 198 valence electrons. The first-order valence-corrected chi connectivity index (χ1v) is 13.8. The standard InChI is InChI=1S/C36H38N2O/c1-26-14-16-28(17-15-26)24-38-25-33(31-12-8-9-13-34(31)38)32(29-18-20-30(21-19-29)36(2,3)4)22-35(39)37-23-27-10-6-5-7-11-27/h5-21,25,32H,22-24H2,1-4H3,(H,37,39)/t32-/m1/s1. The summed E-state index contributed by atoms with van der Waals surface area (Å²) in [7, 11) is 0. The Labute approximate surface area is 232 Å². The number of para-hydroxylation sites is 1. The quantitative estimate of drug-likeness (QED) is 0.223. The number of aryl methyl sites for hydroxylation is 1. The van der Waals surface area contributed by atoms with Crippen LogP contribution >= 0.6 is 0 Å². The predicted octanol–water partition coefficient (Wildman–Crippen LogP) is 8.13. The van der Waals surface area contributed by atoms with Gasteiger partial charge in [0.15, 0.2) is 0 Å². The minimum absolute atomic E-state index is 0.0547. The van der Waals surface area contributed by atoms with Gasteiger partial charge in [0.2, 0.25) is 5.91 Å². The Morgan fingerprint density at radius 1 is 0.795 bits per heavy atom. The van der Waals surface area contributed by atoms with E-state index in [4.69, 9.17) is 0 Å².